The number of unbranched alkanes of at least 4 members (excludes halogenated alkanes) is 35. The van der Waals surface area contributed by atoms with Crippen LogP contribution in [-0.2, 0) is 32.7 Å². The third-order valence-corrected chi connectivity index (χ3v) is 12.6. The Kier molecular flexibility index (Phi) is 47.2. The third-order valence-electron chi connectivity index (χ3n) is 11.7. The Bertz CT molecular complexity index is 1010. The summed E-state index contributed by atoms with van der Waals surface area (Å²) in [6.07, 6.45) is 52.5. The van der Waals surface area contributed by atoms with Gasteiger partial charge < -0.3 is 20.1 Å². The Morgan fingerprint density at radius 2 is 0.803 bits per heavy atom. The molecule has 0 amide bonds. The van der Waals surface area contributed by atoms with Gasteiger partial charge in [0.15, 0.2) is 6.10 Å². The number of allylic oxidation sites excluding steroid dienone is 2. The molecule has 0 spiro atoms. The van der Waals surface area contributed by atoms with Crippen molar-refractivity contribution in [2.24, 2.45) is 5.73 Å². The lowest BCUT2D eigenvalue weighted by molar-refractivity contribution is -0.161. The quantitative estimate of drug-likeness (QED) is 0.0265. The molecule has 0 aliphatic heterocycles. The number of hydrogen-bond donors (Lipinski definition) is 2. The Hall–Kier alpha value is -1.25. The zero-order valence-corrected chi connectivity index (χ0v) is 41.1. The van der Waals surface area contributed by atoms with E-state index < -0.39 is 26.5 Å². The third kappa shape index (κ3) is 48.1. The number of carbonyl (C=O) groups excluding carboxylic acids is 2. The van der Waals surface area contributed by atoms with Gasteiger partial charge in [-0.25, -0.2) is 4.57 Å². The van der Waals surface area contributed by atoms with Gasteiger partial charge in [-0.1, -0.05) is 231 Å². The molecule has 1 unspecified atom stereocenters. The van der Waals surface area contributed by atoms with Gasteiger partial charge in [0.2, 0.25) is 0 Å². The number of nitrogens with two attached hydrogens (primary N) is 1. The minimum atomic E-state index is -4.38. The van der Waals surface area contributed by atoms with E-state index in [0.717, 1.165) is 38.5 Å². The highest BCUT2D eigenvalue weighted by Gasteiger charge is 2.26. The SMILES string of the molecule is CCCCCCCC/C=C\CCCCCCCCCCCC(=O)O[C@H](COC(=O)CCCCCCCCCCCCCCCCCCCCCCC)COP(=O)(O)OCCN. The number of hydrogen-bond acceptors (Lipinski definition) is 8. The van der Waals surface area contributed by atoms with Crippen molar-refractivity contribution in [2.45, 2.75) is 277 Å². The predicted octanol–water partition coefficient (Wildman–Crippen LogP) is 15.7. The van der Waals surface area contributed by atoms with Crippen LogP contribution in [0.15, 0.2) is 12.2 Å². The second-order valence-electron chi connectivity index (χ2n) is 17.8. The first-order valence-electron chi connectivity index (χ1n) is 26.2. The average molecular weight is 886 g/mol. The number of carbonyl (C=O) groups is 2. The van der Waals surface area contributed by atoms with Crippen molar-refractivity contribution in [3.8, 4) is 0 Å². The fourth-order valence-electron chi connectivity index (χ4n) is 7.75. The van der Waals surface area contributed by atoms with E-state index in [1.54, 1.807) is 0 Å². The van der Waals surface area contributed by atoms with Crippen LogP contribution in [0.25, 0.3) is 0 Å². The highest BCUT2D eigenvalue weighted by Crippen LogP contribution is 2.43. The maximum absolute atomic E-state index is 12.6. The summed E-state index contributed by atoms with van der Waals surface area (Å²) in [5.74, 6) is -0.813. The molecular weight excluding hydrogens is 786 g/mol. The molecule has 0 saturated carbocycles. The Morgan fingerprint density at radius 3 is 1.16 bits per heavy atom. The minimum Gasteiger partial charge on any atom is -0.462 e. The van der Waals surface area contributed by atoms with E-state index in [1.807, 2.05) is 0 Å². The summed E-state index contributed by atoms with van der Waals surface area (Å²) in [7, 11) is -4.38. The van der Waals surface area contributed by atoms with Gasteiger partial charge in [-0.15, -0.1) is 0 Å². The summed E-state index contributed by atoms with van der Waals surface area (Å²) in [5, 5.41) is 0. The van der Waals surface area contributed by atoms with Crippen molar-refractivity contribution < 1.29 is 37.6 Å². The number of phosphoric ester groups is 1. The van der Waals surface area contributed by atoms with Crippen LogP contribution in [0.2, 0.25) is 0 Å². The number of rotatable bonds is 50. The largest absolute Gasteiger partial charge is 0.472 e. The molecule has 0 aliphatic rings. The van der Waals surface area contributed by atoms with Crippen LogP contribution in [0.3, 0.4) is 0 Å². The van der Waals surface area contributed by atoms with Gasteiger partial charge in [-0.3, -0.25) is 18.6 Å². The smallest absolute Gasteiger partial charge is 0.462 e. The van der Waals surface area contributed by atoms with Crippen LogP contribution in [0, 0.1) is 0 Å². The molecule has 61 heavy (non-hydrogen) atoms. The van der Waals surface area contributed by atoms with Crippen LogP contribution >= 0.6 is 7.82 Å². The van der Waals surface area contributed by atoms with Gasteiger partial charge in [-0.05, 0) is 38.5 Å². The predicted molar refractivity (Wildman–Crippen MR) is 257 cm³/mol. The van der Waals surface area contributed by atoms with Crippen molar-refractivity contribution in [1.82, 2.24) is 0 Å². The highest BCUT2D eigenvalue weighted by atomic mass is 31.2. The van der Waals surface area contributed by atoms with E-state index in [-0.39, 0.29) is 38.6 Å². The first-order valence-corrected chi connectivity index (χ1v) is 27.7. The molecule has 0 saturated heterocycles. The summed E-state index contributed by atoms with van der Waals surface area (Å²) in [6.45, 7) is 3.79. The summed E-state index contributed by atoms with van der Waals surface area (Å²) in [6, 6.07) is 0. The number of esters is 2. The molecule has 3 N–H and O–H groups in total. The zero-order valence-electron chi connectivity index (χ0n) is 40.2. The molecule has 0 radical (unpaired) electrons. The van der Waals surface area contributed by atoms with Crippen molar-refractivity contribution in [2.75, 3.05) is 26.4 Å². The summed E-state index contributed by atoms with van der Waals surface area (Å²) in [4.78, 5) is 35.1. The second kappa shape index (κ2) is 48.2. The van der Waals surface area contributed by atoms with Crippen LogP contribution in [0.5, 0.6) is 0 Å². The Balaban J connectivity index is 3.99. The maximum Gasteiger partial charge on any atom is 0.472 e. The number of phosphoric acid groups is 1. The van der Waals surface area contributed by atoms with Gasteiger partial charge in [0.25, 0.3) is 0 Å². The van der Waals surface area contributed by atoms with E-state index in [4.69, 9.17) is 24.3 Å². The molecule has 9 nitrogen and oxygen atoms in total. The molecule has 0 bridgehead atoms. The lowest BCUT2D eigenvalue weighted by atomic mass is 10.0. The molecule has 10 heteroatoms. The van der Waals surface area contributed by atoms with Gasteiger partial charge >= 0.3 is 19.8 Å². The molecule has 0 aromatic rings. The molecule has 0 aliphatic carbocycles. The van der Waals surface area contributed by atoms with Gasteiger partial charge in [0.1, 0.15) is 6.61 Å². The van der Waals surface area contributed by atoms with E-state index in [2.05, 4.69) is 26.0 Å². The lowest BCUT2D eigenvalue weighted by Gasteiger charge is -2.19. The van der Waals surface area contributed by atoms with Crippen LogP contribution in [0.4, 0.5) is 0 Å². The van der Waals surface area contributed by atoms with E-state index in [0.29, 0.717) is 6.42 Å². The molecule has 362 valence electrons. The monoisotopic (exact) mass is 886 g/mol. The van der Waals surface area contributed by atoms with Crippen LogP contribution in [-0.4, -0.2) is 49.3 Å². The van der Waals surface area contributed by atoms with E-state index in [9.17, 15) is 19.0 Å². The first kappa shape index (κ1) is 59.8. The van der Waals surface area contributed by atoms with E-state index in [1.165, 1.54) is 199 Å². The molecule has 2 atom stereocenters. The van der Waals surface area contributed by atoms with Crippen molar-refractivity contribution in [3.63, 3.8) is 0 Å². The molecular formula is C51H100NO8P. The van der Waals surface area contributed by atoms with Crippen molar-refractivity contribution in [3.05, 3.63) is 12.2 Å². The summed E-state index contributed by atoms with van der Waals surface area (Å²) < 4.78 is 33.0. The topological polar surface area (TPSA) is 134 Å². The molecule has 0 fully saturated rings. The highest BCUT2D eigenvalue weighted by molar-refractivity contribution is 7.47. The zero-order chi connectivity index (χ0) is 44.6. The van der Waals surface area contributed by atoms with Crippen molar-refractivity contribution >= 4 is 19.8 Å². The van der Waals surface area contributed by atoms with Gasteiger partial charge in [0, 0.05) is 19.4 Å². The summed E-state index contributed by atoms with van der Waals surface area (Å²) >= 11 is 0. The molecule has 0 rings (SSSR count). The average Bonchev–Trinajstić information content (AvgIpc) is 3.25. The molecule has 0 aromatic carbocycles. The van der Waals surface area contributed by atoms with E-state index >= 15 is 0 Å². The van der Waals surface area contributed by atoms with Gasteiger partial charge in [-0.2, -0.15) is 0 Å². The molecule has 0 heterocycles. The fraction of sp³-hybridized carbons (Fsp3) is 0.922. The standard InChI is InChI=1S/C51H100NO8P/c1-3-5-7-9-11-13-15-17-19-21-23-24-26-27-29-31-33-35-37-39-41-43-50(53)57-47-49(48-59-61(55,56)58-46-45-52)60-51(54)44-42-40-38-36-34-32-30-28-25-22-20-18-16-14-12-10-8-6-4-2/h18,20,49H,3-17,19,21-48,52H2,1-2H3,(H,55,56)/b20-18-/t49-/m1/s1. The van der Waals surface area contributed by atoms with Crippen LogP contribution < -0.4 is 5.73 Å². The van der Waals surface area contributed by atoms with Crippen molar-refractivity contribution in [1.29, 1.82) is 0 Å². The fourth-order valence-corrected chi connectivity index (χ4v) is 8.52. The molecule has 0 aromatic heterocycles. The summed E-state index contributed by atoms with van der Waals surface area (Å²) in [5.41, 5.74) is 5.37. The van der Waals surface area contributed by atoms with Crippen LogP contribution in [0.1, 0.15) is 271 Å². The number of ether oxygens (including phenoxy) is 2. The second-order valence-corrected chi connectivity index (χ2v) is 19.2. The first-order chi connectivity index (χ1) is 29.8. The van der Waals surface area contributed by atoms with Gasteiger partial charge in [0.05, 0.1) is 13.2 Å². The lowest BCUT2D eigenvalue weighted by Crippen LogP contribution is -2.29. The Labute approximate surface area is 377 Å². The minimum absolute atomic E-state index is 0.0563. The Morgan fingerprint density at radius 1 is 0.475 bits per heavy atom. The normalized spacial score (nSPS) is 13.2. The maximum atomic E-state index is 12.6.